The van der Waals surface area contributed by atoms with E-state index in [0.717, 1.165) is 19.6 Å². The first-order valence-electron chi connectivity index (χ1n) is 7.91. The van der Waals surface area contributed by atoms with Gasteiger partial charge in [-0.05, 0) is 52.6 Å². The molecule has 0 radical (unpaired) electrons. The van der Waals surface area contributed by atoms with Crippen LogP contribution in [-0.4, -0.2) is 61.0 Å². The second-order valence-corrected chi connectivity index (χ2v) is 6.15. The summed E-state index contributed by atoms with van der Waals surface area (Å²) in [4.78, 5) is 16.8. The van der Waals surface area contributed by atoms with Crippen LogP contribution in [0.3, 0.4) is 0 Å². The Morgan fingerprint density at radius 1 is 1.16 bits per heavy atom. The van der Waals surface area contributed by atoms with Crippen LogP contribution in [0, 0.1) is 0 Å². The number of hydrogen-bond acceptors (Lipinski definition) is 3. The van der Waals surface area contributed by atoms with Gasteiger partial charge in [-0.15, -0.1) is 0 Å². The molecule has 0 bridgehead atoms. The van der Waals surface area contributed by atoms with Crippen molar-refractivity contribution in [2.75, 3.05) is 33.2 Å². The van der Waals surface area contributed by atoms with Crippen LogP contribution in [0.1, 0.15) is 45.4 Å². The quantitative estimate of drug-likeness (QED) is 0.837. The van der Waals surface area contributed by atoms with Gasteiger partial charge in [-0.1, -0.05) is 6.42 Å². The molecule has 2 aliphatic heterocycles. The summed E-state index contributed by atoms with van der Waals surface area (Å²) in [6.45, 7) is 6.06. The van der Waals surface area contributed by atoms with Crippen LogP contribution in [0.5, 0.6) is 0 Å². The lowest BCUT2D eigenvalue weighted by Crippen LogP contribution is -2.51. The van der Waals surface area contributed by atoms with E-state index in [4.69, 9.17) is 0 Å². The Morgan fingerprint density at radius 3 is 2.53 bits per heavy atom. The fraction of sp³-hybridized carbons (Fsp3) is 0.933. The maximum absolute atomic E-state index is 12.3. The second-order valence-electron chi connectivity index (χ2n) is 6.15. The Balaban J connectivity index is 1.73. The lowest BCUT2D eigenvalue weighted by Gasteiger charge is -2.34. The van der Waals surface area contributed by atoms with Gasteiger partial charge in [0, 0.05) is 25.7 Å². The molecule has 0 aromatic carbocycles. The van der Waals surface area contributed by atoms with Gasteiger partial charge in [-0.3, -0.25) is 4.79 Å². The van der Waals surface area contributed by atoms with E-state index < -0.39 is 0 Å². The second kappa shape index (κ2) is 7.25. The normalized spacial score (nSPS) is 27.3. The smallest absolute Gasteiger partial charge is 0.239 e. The number of likely N-dealkylation sites (tertiary alicyclic amines) is 2. The molecule has 4 nitrogen and oxygen atoms in total. The molecule has 0 spiro atoms. The molecule has 0 aliphatic carbocycles. The van der Waals surface area contributed by atoms with E-state index in [1.165, 1.54) is 45.1 Å². The van der Waals surface area contributed by atoms with Gasteiger partial charge in [0.25, 0.3) is 0 Å². The predicted molar refractivity (Wildman–Crippen MR) is 78.2 cm³/mol. The zero-order chi connectivity index (χ0) is 13.7. The molecular formula is C15H29N3O. The van der Waals surface area contributed by atoms with Crippen LogP contribution in [0.25, 0.3) is 0 Å². The lowest BCUT2D eigenvalue weighted by molar-refractivity contribution is -0.134. The number of likely N-dealkylation sites (N-methyl/N-ethyl adjacent to an activating group) is 1. The molecular weight excluding hydrogens is 238 g/mol. The van der Waals surface area contributed by atoms with Crippen molar-refractivity contribution in [3.05, 3.63) is 0 Å². The minimum atomic E-state index is -0.0339. The Hall–Kier alpha value is -0.610. The summed E-state index contributed by atoms with van der Waals surface area (Å²) >= 11 is 0. The molecule has 2 aliphatic rings. The van der Waals surface area contributed by atoms with Gasteiger partial charge >= 0.3 is 0 Å². The minimum absolute atomic E-state index is 0.0339. The first-order valence-corrected chi connectivity index (χ1v) is 7.91. The summed E-state index contributed by atoms with van der Waals surface area (Å²) in [5.74, 6) is 0.290. The summed E-state index contributed by atoms with van der Waals surface area (Å²) in [6, 6.07) is 0.568. The van der Waals surface area contributed by atoms with E-state index in [-0.39, 0.29) is 11.9 Å². The molecule has 19 heavy (non-hydrogen) atoms. The maximum atomic E-state index is 12.3. The van der Waals surface area contributed by atoms with Crippen molar-refractivity contribution in [3.8, 4) is 0 Å². The maximum Gasteiger partial charge on any atom is 0.239 e. The number of hydrogen-bond donors (Lipinski definition) is 1. The van der Waals surface area contributed by atoms with E-state index in [9.17, 15) is 4.79 Å². The number of rotatable bonds is 4. The topological polar surface area (TPSA) is 35.6 Å². The number of amides is 1. The standard InChI is InChI=1S/C15H29N3O/c1-13(15(19)18-10-5-3-6-11-18)16-12-14-8-4-7-9-17(14)2/h13-14,16H,3-12H2,1-2H3. The van der Waals surface area contributed by atoms with Gasteiger partial charge in [-0.25, -0.2) is 0 Å². The van der Waals surface area contributed by atoms with Gasteiger partial charge in [0.15, 0.2) is 0 Å². The third-order valence-electron chi connectivity index (χ3n) is 4.62. The molecule has 110 valence electrons. The zero-order valence-corrected chi connectivity index (χ0v) is 12.5. The highest BCUT2D eigenvalue weighted by atomic mass is 16.2. The molecule has 0 aromatic rings. The average molecular weight is 267 g/mol. The number of carbonyl (C=O) groups excluding carboxylic acids is 1. The summed E-state index contributed by atoms with van der Waals surface area (Å²) in [7, 11) is 2.20. The SMILES string of the molecule is CC(NCC1CCCCN1C)C(=O)N1CCCCC1. The molecule has 1 amide bonds. The van der Waals surface area contributed by atoms with Crippen LogP contribution in [0.2, 0.25) is 0 Å². The number of nitrogens with one attached hydrogen (secondary N) is 1. The molecule has 0 aromatic heterocycles. The highest BCUT2D eigenvalue weighted by molar-refractivity contribution is 5.81. The van der Waals surface area contributed by atoms with Crippen molar-refractivity contribution in [2.24, 2.45) is 0 Å². The summed E-state index contributed by atoms with van der Waals surface area (Å²) in [5.41, 5.74) is 0. The number of piperidine rings is 2. The van der Waals surface area contributed by atoms with E-state index in [1.54, 1.807) is 0 Å². The van der Waals surface area contributed by atoms with Crippen LogP contribution in [0.15, 0.2) is 0 Å². The van der Waals surface area contributed by atoms with Crippen LogP contribution in [0.4, 0.5) is 0 Å². The van der Waals surface area contributed by atoms with E-state index in [2.05, 4.69) is 17.3 Å². The largest absolute Gasteiger partial charge is 0.341 e. The van der Waals surface area contributed by atoms with Crippen molar-refractivity contribution in [1.82, 2.24) is 15.1 Å². The first kappa shape index (κ1) is 14.8. The van der Waals surface area contributed by atoms with Crippen LogP contribution in [-0.2, 0) is 4.79 Å². The predicted octanol–water partition coefficient (Wildman–Crippen LogP) is 1.46. The lowest BCUT2D eigenvalue weighted by atomic mass is 10.0. The molecule has 2 unspecified atom stereocenters. The third-order valence-corrected chi connectivity index (χ3v) is 4.62. The Labute approximate surface area is 117 Å². The van der Waals surface area contributed by atoms with Crippen molar-refractivity contribution < 1.29 is 4.79 Å². The van der Waals surface area contributed by atoms with Crippen molar-refractivity contribution in [3.63, 3.8) is 0 Å². The van der Waals surface area contributed by atoms with Gasteiger partial charge in [0.1, 0.15) is 0 Å². The summed E-state index contributed by atoms with van der Waals surface area (Å²) in [6.07, 6.45) is 7.51. The monoisotopic (exact) mass is 267 g/mol. The molecule has 2 rings (SSSR count). The highest BCUT2D eigenvalue weighted by Gasteiger charge is 2.24. The Kier molecular flexibility index (Phi) is 5.64. The minimum Gasteiger partial charge on any atom is -0.341 e. The molecule has 4 heteroatoms. The van der Waals surface area contributed by atoms with Crippen molar-refractivity contribution in [1.29, 1.82) is 0 Å². The van der Waals surface area contributed by atoms with E-state index in [0.29, 0.717) is 6.04 Å². The number of carbonyl (C=O) groups is 1. The zero-order valence-electron chi connectivity index (χ0n) is 12.5. The molecule has 2 atom stereocenters. The van der Waals surface area contributed by atoms with Gasteiger partial charge in [0.05, 0.1) is 6.04 Å². The molecule has 2 heterocycles. The summed E-state index contributed by atoms with van der Waals surface area (Å²) in [5, 5.41) is 3.45. The Bertz CT molecular complexity index is 289. The Morgan fingerprint density at radius 2 is 1.84 bits per heavy atom. The van der Waals surface area contributed by atoms with Crippen molar-refractivity contribution in [2.45, 2.75) is 57.5 Å². The average Bonchev–Trinajstić information content (AvgIpc) is 2.46. The van der Waals surface area contributed by atoms with Gasteiger partial charge in [0.2, 0.25) is 5.91 Å². The van der Waals surface area contributed by atoms with Crippen LogP contribution < -0.4 is 5.32 Å². The van der Waals surface area contributed by atoms with Crippen LogP contribution >= 0.6 is 0 Å². The highest BCUT2D eigenvalue weighted by Crippen LogP contribution is 2.14. The molecule has 2 saturated heterocycles. The molecule has 0 saturated carbocycles. The van der Waals surface area contributed by atoms with Gasteiger partial charge < -0.3 is 15.1 Å². The van der Waals surface area contributed by atoms with E-state index >= 15 is 0 Å². The fourth-order valence-electron chi connectivity index (χ4n) is 3.19. The fourth-order valence-corrected chi connectivity index (χ4v) is 3.19. The molecule has 1 N–H and O–H groups in total. The van der Waals surface area contributed by atoms with Crippen molar-refractivity contribution >= 4 is 5.91 Å². The number of nitrogens with zero attached hydrogens (tertiary/aromatic N) is 2. The third kappa shape index (κ3) is 4.18. The van der Waals surface area contributed by atoms with E-state index in [1.807, 2.05) is 11.8 Å². The summed E-state index contributed by atoms with van der Waals surface area (Å²) < 4.78 is 0. The van der Waals surface area contributed by atoms with Gasteiger partial charge in [-0.2, -0.15) is 0 Å². The first-order chi connectivity index (χ1) is 9.18. The molecule has 2 fully saturated rings.